The molecule has 2 aromatic heterocycles. The van der Waals surface area contributed by atoms with Gasteiger partial charge < -0.3 is 25.5 Å². The van der Waals surface area contributed by atoms with Gasteiger partial charge in [0.1, 0.15) is 36.7 Å². The summed E-state index contributed by atoms with van der Waals surface area (Å²) >= 11 is 1.63. The van der Waals surface area contributed by atoms with E-state index < -0.39 is 59.1 Å². The number of likely N-dealkylation sites (tertiary alicyclic amines) is 1. The second-order valence-electron chi connectivity index (χ2n) is 21.5. The largest absolute Gasteiger partial charge is 0.444 e. The van der Waals surface area contributed by atoms with E-state index in [2.05, 4.69) is 46.1 Å². The zero-order chi connectivity index (χ0) is 56.0. The Morgan fingerprint density at radius 3 is 2.27 bits per heavy atom. The minimum absolute atomic E-state index is 0.0348. The molecule has 0 spiro atoms. The smallest absolute Gasteiger partial charge is 0.413 e. The van der Waals surface area contributed by atoms with Gasteiger partial charge in [0.15, 0.2) is 5.82 Å². The lowest BCUT2D eigenvalue weighted by molar-refractivity contribution is -0.197. The van der Waals surface area contributed by atoms with E-state index in [4.69, 9.17) is 24.6 Å². The van der Waals surface area contributed by atoms with Gasteiger partial charge in [0, 0.05) is 62.0 Å². The van der Waals surface area contributed by atoms with Gasteiger partial charge in [0.2, 0.25) is 17.7 Å². The van der Waals surface area contributed by atoms with Crippen LogP contribution in [0.3, 0.4) is 0 Å². The first kappa shape index (κ1) is 57.0. The Balaban J connectivity index is 0.901. The Kier molecular flexibility index (Phi) is 18.0. The van der Waals surface area contributed by atoms with Crippen LogP contribution in [0, 0.1) is 17.8 Å². The van der Waals surface area contributed by atoms with E-state index >= 15 is 0 Å². The van der Waals surface area contributed by atoms with Crippen molar-refractivity contribution >= 4 is 76.6 Å². The number of fused-ring (bicyclic) bond motifs is 1. The van der Waals surface area contributed by atoms with E-state index in [1.807, 2.05) is 32.4 Å². The molecule has 416 valence electrons. The SMILES string of the molecule is CCc1c(C2(c3ncn(C)n3)CC(C)C2)cc(N2Cc3c(SC)cc(CN4CCC[C@H](C)C4)cc3C2=O)nc1NC(=O)OCc1ccc(NC(=O)[C@H](C)NC(=O)[C@@H](NC(=O)CCCC(=O)ON2C(=O)CCC2=O)C(C)C)cc1. The van der Waals surface area contributed by atoms with Crippen LogP contribution < -0.4 is 26.2 Å². The van der Waals surface area contributed by atoms with Crippen LogP contribution in [0.1, 0.15) is 143 Å². The fraction of sp³-hybridized carbons (Fsp3) is 0.518. The summed E-state index contributed by atoms with van der Waals surface area (Å²) in [5, 5.41) is 16.3. The number of benzene rings is 2. The topological polar surface area (TPSA) is 256 Å². The number of hydrogen-bond donors (Lipinski definition) is 4. The highest BCUT2D eigenvalue weighted by molar-refractivity contribution is 7.98. The number of hydrogen-bond acceptors (Lipinski definition) is 15. The number of ether oxygens (including phenoxy) is 1. The Morgan fingerprint density at radius 1 is 0.897 bits per heavy atom. The Morgan fingerprint density at radius 2 is 1.63 bits per heavy atom. The number of aryl methyl sites for hydroxylation is 1. The number of aromatic nitrogens is 4. The van der Waals surface area contributed by atoms with Gasteiger partial charge in [-0.1, -0.05) is 46.8 Å². The molecule has 4 aliphatic rings. The van der Waals surface area contributed by atoms with Crippen molar-refractivity contribution in [3.05, 3.63) is 88.0 Å². The fourth-order valence-corrected chi connectivity index (χ4v) is 11.6. The molecule has 2 saturated heterocycles. The maximum Gasteiger partial charge on any atom is 0.413 e. The van der Waals surface area contributed by atoms with Crippen LogP contribution in [0.2, 0.25) is 0 Å². The third-order valence-electron chi connectivity index (χ3n) is 14.9. The van der Waals surface area contributed by atoms with E-state index in [1.54, 1.807) is 65.8 Å². The number of carbonyl (C=O) groups excluding carboxylic acids is 8. The summed E-state index contributed by atoms with van der Waals surface area (Å²) in [6.07, 6.45) is 7.01. The number of rotatable bonds is 21. The van der Waals surface area contributed by atoms with Gasteiger partial charge in [-0.2, -0.15) is 5.10 Å². The molecule has 4 aromatic rings. The van der Waals surface area contributed by atoms with Gasteiger partial charge in [-0.15, -0.1) is 16.8 Å². The summed E-state index contributed by atoms with van der Waals surface area (Å²) in [6, 6.07) is 10.9. The summed E-state index contributed by atoms with van der Waals surface area (Å²) in [5.74, 6) is -1.80. The number of nitrogens with one attached hydrogen (secondary N) is 4. The zero-order valence-corrected chi connectivity index (χ0v) is 46.5. The van der Waals surface area contributed by atoms with Crippen molar-refractivity contribution < 1.29 is 47.9 Å². The number of piperidine rings is 1. The predicted octanol–water partition coefficient (Wildman–Crippen LogP) is 6.71. The monoisotopic (exact) mass is 1090 g/mol. The molecular formula is C56H71N11O10S. The van der Waals surface area contributed by atoms with E-state index in [9.17, 15) is 38.4 Å². The number of nitrogens with zero attached hydrogens (tertiary/aromatic N) is 7. The molecule has 0 bridgehead atoms. The average molecular weight is 1090 g/mol. The van der Waals surface area contributed by atoms with Crippen LogP contribution in [-0.2, 0) is 76.9 Å². The first-order chi connectivity index (χ1) is 37.2. The van der Waals surface area contributed by atoms with Crippen LogP contribution in [-0.4, -0.2) is 109 Å². The molecule has 8 rings (SSSR count). The lowest BCUT2D eigenvalue weighted by Crippen LogP contribution is -2.53. The molecule has 7 amide bonds. The number of hydroxylamine groups is 2. The summed E-state index contributed by atoms with van der Waals surface area (Å²) in [7, 11) is 1.84. The number of amides is 7. The minimum atomic E-state index is -1.01. The fourth-order valence-electron chi connectivity index (χ4n) is 10.9. The van der Waals surface area contributed by atoms with E-state index in [-0.39, 0.29) is 56.4 Å². The molecule has 3 aliphatic heterocycles. The molecule has 4 N–H and O–H groups in total. The Hall–Kier alpha value is -7.20. The van der Waals surface area contributed by atoms with Crippen molar-refractivity contribution in [1.29, 1.82) is 0 Å². The molecule has 1 aliphatic carbocycles. The maximum absolute atomic E-state index is 14.6. The number of imide groups is 1. The van der Waals surface area contributed by atoms with Crippen molar-refractivity contribution in [1.82, 2.24) is 40.3 Å². The predicted molar refractivity (Wildman–Crippen MR) is 290 cm³/mol. The van der Waals surface area contributed by atoms with Gasteiger partial charge in [-0.3, -0.25) is 48.6 Å². The molecular weight excluding hydrogens is 1020 g/mol. The van der Waals surface area contributed by atoms with E-state index in [0.717, 1.165) is 66.0 Å². The Bertz CT molecular complexity index is 2940. The third-order valence-corrected chi connectivity index (χ3v) is 15.7. The molecule has 0 radical (unpaired) electrons. The van der Waals surface area contributed by atoms with Crippen LogP contribution in [0.25, 0.3) is 0 Å². The van der Waals surface area contributed by atoms with Crippen molar-refractivity contribution in [3.63, 3.8) is 0 Å². The van der Waals surface area contributed by atoms with Gasteiger partial charge in [0.05, 0.1) is 12.0 Å². The van der Waals surface area contributed by atoms with Crippen molar-refractivity contribution in [2.24, 2.45) is 24.8 Å². The molecule has 0 unspecified atom stereocenters. The lowest BCUT2D eigenvalue weighted by Gasteiger charge is -2.46. The molecule has 3 atom stereocenters. The standard InChI is InChI=1S/C56H71N11O10S/c1-9-39-42(56(25-34(5)26-56)54-57-31-64(7)63-54)24-44(66-29-41-40(53(66)74)22-37(23-43(41)78-8)28-65-21-11-12-33(4)27-65)60-50(39)62-55(75)76-30-36-15-17-38(18-16-36)59-51(72)35(6)58-52(73)49(32(2)3)61-45(68)13-10-14-48(71)77-67-46(69)19-20-47(67)70/h15-18,22-24,31-35,49H,9-14,19-21,25-30H2,1-8H3,(H,58,73)(H,59,72)(H,61,68)(H,60,62,75)/t33-,34?,35-,49-,56?/m0/s1. The molecule has 2 aromatic carbocycles. The minimum Gasteiger partial charge on any atom is -0.444 e. The van der Waals surface area contributed by atoms with Crippen molar-refractivity contribution in [2.75, 3.05) is 34.9 Å². The molecule has 3 fully saturated rings. The van der Waals surface area contributed by atoms with Crippen LogP contribution >= 0.6 is 11.8 Å². The highest BCUT2D eigenvalue weighted by Crippen LogP contribution is 2.53. The highest BCUT2D eigenvalue weighted by Gasteiger charge is 2.50. The maximum atomic E-state index is 14.6. The summed E-state index contributed by atoms with van der Waals surface area (Å²) in [6.45, 7) is 14.5. The second kappa shape index (κ2) is 24.6. The Labute approximate surface area is 458 Å². The average Bonchev–Trinajstić information content (AvgIpc) is 4.20. The number of anilines is 3. The normalized spacial score (nSPS) is 20.0. The van der Waals surface area contributed by atoms with Gasteiger partial charge >= 0.3 is 12.1 Å². The number of thioether (sulfide) groups is 1. The summed E-state index contributed by atoms with van der Waals surface area (Å²) in [5.41, 5.74) is 4.88. The van der Waals surface area contributed by atoms with E-state index in [0.29, 0.717) is 58.3 Å². The molecule has 22 heteroatoms. The second-order valence-corrected chi connectivity index (χ2v) is 22.4. The van der Waals surface area contributed by atoms with Crippen LogP contribution in [0.15, 0.2) is 53.7 Å². The third kappa shape index (κ3) is 13.0. The van der Waals surface area contributed by atoms with Crippen molar-refractivity contribution in [3.8, 4) is 0 Å². The first-order valence-electron chi connectivity index (χ1n) is 26.9. The number of pyridine rings is 1. The number of carbonyl (C=O) groups is 8. The quantitative estimate of drug-likeness (QED) is 0.0499. The lowest BCUT2D eigenvalue weighted by atomic mass is 9.57. The van der Waals surface area contributed by atoms with Gasteiger partial charge in [-0.25, -0.2) is 19.6 Å². The van der Waals surface area contributed by atoms with E-state index in [1.165, 1.54) is 13.3 Å². The summed E-state index contributed by atoms with van der Waals surface area (Å²) < 4.78 is 7.46. The van der Waals surface area contributed by atoms with Gasteiger partial charge in [-0.05, 0) is 134 Å². The molecule has 5 heterocycles. The van der Waals surface area contributed by atoms with Crippen molar-refractivity contribution in [2.45, 2.75) is 148 Å². The molecule has 21 nitrogen and oxygen atoms in total. The zero-order valence-electron chi connectivity index (χ0n) is 45.7. The van der Waals surface area contributed by atoms with Gasteiger partial charge in [0.25, 0.3) is 17.7 Å². The summed E-state index contributed by atoms with van der Waals surface area (Å²) in [4.78, 5) is 123. The molecule has 78 heavy (non-hydrogen) atoms. The highest BCUT2D eigenvalue weighted by atomic mass is 32.2. The molecule has 1 saturated carbocycles. The van der Waals surface area contributed by atoms with Crippen LogP contribution in [0.5, 0.6) is 0 Å². The van der Waals surface area contributed by atoms with Crippen LogP contribution in [0.4, 0.5) is 22.1 Å². The first-order valence-corrected chi connectivity index (χ1v) is 28.1.